The van der Waals surface area contributed by atoms with Crippen molar-refractivity contribution in [1.29, 1.82) is 0 Å². The molecule has 0 fully saturated rings. The van der Waals surface area contributed by atoms with Gasteiger partial charge in [0.1, 0.15) is 0 Å². The Morgan fingerprint density at radius 1 is 1.03 bits per heavy atom. The van der Waals surface area contributed by atoms with E-state index >= 15 is 0 Å². The van der Waals surface area contributed by atoms with E-state index < -0.39 is 0 Å². The van der Waals surface area contributed by atoms with Crippen LogP contribution in [0.3, 0.4) is 0 Å². The zero-order valence-corrected chi connectivity index (χ0v) is 15.8. The molecule has 0 spiro atoms. The molecule has 3 heterocycles. The van der Waals surface area contributed by atoms with Gasteiger partial charge in [-0.2, -0.15) is 5.10 Å². The summed E-state index contributed by atoms with van der Waals surface area (Å²) in [7, 11) is 3.87. The van der Waals surface area contributed by atoms with Crippen LogP contribution in [0.15, 0.2) is 69.9 Å². The number of furan rings is 1. The van der Waals surface area contributed by atoms with Crippen LogP contribution in [-0.4, -0.2) is 35.4 Å². The SMILES string of the molecule is CN(C)c1cnnc(Nc2ccc(NC(=O)c3cc(-c4ccco4)on3)cc2)c1. The molecule has 3 aromatic heterocycles. The summed E-state index contributed by atoms with van der Waals surface area (Å²) >= 11 is 0. The first-order valence-electron chi connectivity index (χ1n) is 8.77. The molecule has 0 atom stereocenters. The number of carbonyl (C=O) groups excluding carboxylic acids is 1. The number of hydrogen-bond acceptors (Lipinski definition) is 8. The molecule has 0 aliphatic carbocycles. The highest BCUT2D eigenvalue weighted by molar-refractivity contribution is 6.03. The van der Waals surface area contributed by atoms with Crippen LogP contribution in [0.5, 0.6) is 0 Å². The van der Waals surface area contributed by atoms with Crippen LogP contribution in [0.25, 0.3) is 11.5 Å². The number of carbonyl (C=O) groups is 1. The Hall–Kier alpha value is -4.14. The number of amides is 1. The maximum atomic E-state index is 12.4. The summed E-state index contributed by atoms with van der Waals surface area (Å²) in [5.74, 6) is 1.15. The van der Waals surface area contributed by atoms with Crippen molar-refractivity contribution < 1.29 is 13.7 Å². The number of hydrogen-bond donors (Lipinski definition) is 2. The van der Waals surface area contributed by atoms with Gasteiger partial charge in [0.25, 0.3) is 5.91 Å². The summed E-state index contributed by atoms with van der Waals surface area (Å²) in [6.07, 6.45) is 3.21. The van der Waals surface area contributed by atoms with Crippen LogP contribution in [0.1, 0.15) is 10.5 Å². The molecule has 2 N–H and O–H groups in total. The van der Waals surface area contributed by atoms with Gasteiger partial charge in [0, 0.05) is 37.6 Å². The third kappa shape index (κ3) is 4.24. The third-order valence-corrected chi connectivity index (χ3v) is 4.08. The summed E-state index contributed by atoms with van der Waals surface area (Å²) in [6, 6.07) is 14.1. The Bertz CT molecular complexity index is 1100. The van der Waals surface area contributed by atoms with Crippen LogP contribution in [0.4, 0.5) is 22.9 Å². The maximum absolute atomic E-state index is 12.4. The number of benzene rings is 1. The molecule has 0 aliphatic rings. The molecule has 4 rings (SSSR count). The Kier molecular flexibility index (Phi) is 4.93. The minimum absolute atomic E-state index is 0.161. The van der Waals surface area contributed by atoms with Gasteiger partial charge in [-0.05, 0) is 36.4 Å². The van der Waals surface area contributed by atoms with Crippen molar-refractivity contribution in [3.05, 3.63) is 66.7 Å². The van der Waals surface area contributed by atoms with Crippen LogP contribution < -0.4 is 15.5 Å². The average Bonchev–Trinajstić information content (AvgIpc) is 3.41. The minimum atomic E-state index is -0.378. The van der Waals surface area contributed by atoms with Crippen molar-refractivity contribution in [2.75, 3.05) is 29.6 Å². The molecule has 0 unspecified atom stereocenters. The largest absolute Gasteiger partial charge is 0.461 e. The zero-order chi connectivity index (χ0) is 20.2. The average molecular weight is 390 g/mol. The first-order chi connectivity index (χ1) is 14.1. The minimum Gasteiger partial charge on any atom is -0.461 e. The molecule has 0 radical (unpaired) electrons. The molecule has 0 saturated carbocycles. The fourth-order valence-electron chi connectivity index (χ4n) is 2.56. The van der Waals surface area contributed by atoms with Crippen molar-refractivity contribution in [2.24, 2.45) is 0 Å². The van der Waals surface area contributed by atoms with Gasteiger partial charge in [-0.3, -0.25) is 4.79 Å². The van der Waals surface area contributed by atoms with Gasteiger partial charge in [0.05, 0.1) is 18.1 Å². The summed E-state index contributed by atoms with van der Waals surface area (Å²) in [6.45, 7) is 0. The highest BCUT2D eigenvalue weighted by Crippen LogP contribution is 2.22. The lowest BCUT2D eigenvalue weighted by Crippen LogP contribution is -2.12. The second kappa shape index (κ2) is 7.85. The molecule has 0 aliphatic heterocycles. The van der Waals surface area contributed by atoms with E-state index in [2.05, 4.69) is 26.0 Å². The van der Waals surface area contributed by atoms with Crippen molar-refractivity contribution in [3.8, 4) is 11.5 Å². The number of aromatic nitrogens is 3. The van der Waals surface area contributed by atoms with Gasteiger partial charge in [-0.15, -0.1) is 5.10 Å². The van der Waals surface area contributed by atoms with E-state index in [1.165, 1.54) is 12.3 Å². The van der Waals surface area contributed by atoms with E-state index in [9.17, 15) is 4.79 Å². The fraction of sp³-hybridized carbons (Fsp3) is 0.100. The lowest BCUT2D eigenvalue weighted by atomic mass is 10.2. The molecular formula is C20H18N6O3. The van der Waals surface area contributed by atoms with E-state index in [-0.39, 0.29) is 11.6 Å². The molecule has 0 bridgehead atoms. The molecule has 0 saturated heterocycles. The van der Waals surface area contributed by atoms with Gasteiger partial charge in [-0.1, -0.05) is 5.16 Å². The highest BCUT2D eigenvalue weighted by atomic mass is 16.5. The quantitative estimate of drug-likeness (QED) is 0.512. The Labute approximate surface area is 166 Å². The molecule has 1 amide bonds. The van der Waals surface area contributed by atoms with Crippen LogP contribution in [0.2, 0.25) is 0 Å². The smallest absolute Gasteiger partial charge is 0.277 e. The number of nitrogens with zero attached hydrogens (tertiary/aromatic N) is 4. The van der Waals surface area contributed by atoms with Crippen LogP contribution in [-0.2, 0) is 0 Å². The summed E-state index contributed by atoms with van der Waals surface area (Å²) in [4.78, 5) is 14.3. The van der Waals surface area contributed by atoms with Crippen molar-refractivity contribution >= 4 is 28.8 Å². The van der Waals surface area contributed by atoms with E-state index in [4.69, 9.17) is 8.94 Å². The predicted molar refractivity (Wildman–Crippen MR) is 108 cm³/mol. The van der Waals surface area contributed by atoms with Gasteiger partial charge in [0.2, 0.25) is 5.76 Å². The summed E-state index contributed by atoms with van der Waals surface area (Å²) < 4.78 is 10.4. The van der Waals surface area contributed by atoms with Crippen LogP contribution in [0, 0.1) is 0 Å². The van der Waals surface area contributed by atoms with Crippen molar-refractivity contribution in [2.45, 2.75) is 0 Å². The molecule has 9 heteroatoms. The van der Waals surface area contributed by atoms with E-state index in [1.54, 1.807) is 30.5 Å². The van der Waals surface area contributed by atoms with Crippen molar-refractivity contribution in [1.82, 2.24) is 15.4 Å². The second-order valence-corrected chi connectivity index (χ2v) is 6.40. The molecule has 4 aromatic rings. The predicted octanol–water partition coefficient (Wildman–Crippen LogP) is 3.79. The summed E-state index contributed by atoms with van der Waals surface area (Å²) in [5.41, 5.74) is 2.54. The van der Waals surface area contributed by atoms with E-state index in [0.29, 0.717) is 23.0 Å². The van der Waals surface area contributed by atoms with Gasteiger partial charge in [0.15, 0.2) is 17.3 Å². The lowest BCUT2D eigenvalue weighted by Gasteiger charge is -2.13. The van der Waals surface area contributed by atoms with Gasteiger partial charge < -0.3 is 24.5 Å². The molecule has 29 heavy (non-hydrogen) atoms. The zero-order valence-electron chi connectivity index (χ0n) is 15.8. The van der Waals surface area contributed by atoms with Gasteiger partial charge in [-0.25, -0.2) is 0 Å². The Morgan fingerprint density at radius 3 is 2.55 bits per heavy atom. The second-order valence-electron chi connectivity index (χ2n) is 6.40. The normalized spacial score (nSPS) is 10.6. The molecule has 1 aromatic carbocycles. The molecule has 9 nitrogen and oxygen atoms in total. The number of anilines is 4. The molecule has 146 valence electrons. The lowest BCUT2D eigenvalue weighted by molar-refractivity contribution is 0.101. The Morgan fingerprint density at radius 2 is 1.83 bits per heavy atom. The standard InChI is InChI=1S/C20H18N6O3/c1-26(2)15-10-19(24-21-12-15)22-13-5-7-14(8-6-13)23-20(27)16-11-18(29-25-16)17-4-3-9-28-17/h3-12H,1-2H3,(H,22,24)(H,23,27). The Balaban J connectivity index is 1.40. The van der Waals surface area contributed by atoms with E-state index in [1.807, 2.05) is 37.2 Å². The van der Waals surface area contributed by atoms with Crippen LogP contribution >= 0.6 is 0 Å². The topological polar surface area (TPSA) is 109 Å². The van der Waals surface area contributed by atoms with Crippen molar-refractivity contribution in [3.63, 3.8) is 0 Å². The highest BCUT2D eigenvalue weighted by Gasteiger charge is 2.15. The molecular weight excluding hydrogens is 372 g/mol. The number of nitrogens with one attached hydrogen (secondary N) is 2. The first kappa shape index (κ1) is 18.2. The number of rotatable bonds is 6. The van der Waals surface area contributed by atoms with Gasteiger partial charge >= 0.3 is 0 Å². The summed E-state index contributed by atoms with van der Waals surface area (Å²) in [5, 5.41) is 17.8. The first-order valence-corrected chi connectivity index (χ1v) is 8.77. The third-order valence-electron chi connectivity index (χ3n) is 4.08. The van der Waals surface area contributed by atoms with E-state index in [0.717, 1.165) is 11.4 Å². The monoisotopic (exact) mass is 390 g/mol. The fourth-order valence-corrected chi connectivity index (χ4v) is 2.56. The maximum Gasteiger partial charge on any atom is 0.277 e.